The molecule has 0 saturated carbocycles. The van der Waals surface area contributed by atoms with Crippen molar-refractivity contribution in [2.24, 2.45) is 0 Å². The lowest BCUT2D eigenvalue weighted by molar-refractivity contribution is -0.146. The smallest absolute Gasteiger partial charge is 0.338 e. The first-order chi connectivity index (χ1) is 8.09. The van der Waals surface area contributed by atoms with Crippen molar-refractivity contribution in [3.8, 4) is 0 Å². The molecule has 0 spiro atoms. The Hall–Kier alpha value is -1.39. The van der Waals surface area contributed by atoms with Crippen molar-refractivity contribution in [3.63, 3.8) is 0 Å². The summed E-state index contributed by atoms with van der Waals surface area (Å²) < 4.78 is 10.5. The van der Waals surface area contributed by atoms with Crippen molar-refractivity contribution in [1.82, 2.24) is 0 Å². The molecule has 2 rings (SSSR count). The van der Waals surface area contributed by atoms with E-state index in [2.05, 4.69) is 0 Å². The second-order valence-electron chi connectivity index (χ2n) is 4.44. The summed E-state index contributed by atoms with van der Waals surface area (Å²) in [6.07, 6.45) is -0.135. The zero-order valence-corrected chi connectivity index (χ0v) is 9.76. The molecule has 1 aromatic rings. The average molecular weight is 236 g/mol. The van der Waals surface area contributed by atoms with Crippen LogP contribution in [-0.4, -0.2) is 36.0 Å². The molecule has 4 nitrogen and oxygen atoms in total. The van der Waals surface area contributed by atoms with Crippen LogP contribution in [0.25, 0.3) is 0 Å². The van der Waals surface area contributed by atoms with E-state index in [0.29, 0.717) is 18.6 Å². The standard InChI is InChI=1S/C13H16O4/c1-13(15)7-8-16-9-11(13)17-12(14)10-5-3-2-4-6-10/h2-6,11,15H,7-9H2,1H3. The third-order valence-corrected chi connectivity index (χ3v) is 2.97. The predicted molar refractivity (Wildman–Crippen MR) is 61.7 cm³/mol. The number of carbonyl (C=O) groups excluding carboxylic acids is 1. The normalized spacial score (nSPS) is 28.7. The van der Waals surface area contributed by atoms with E-state index >= 15 is 0 Å². The van der Waals surface area contributed by atoms with E-state index in [1.165, 1.54) is 0 Å². The maximum Gasteiger partial charge on any atom is 0.338 e. The maximum absolute atomic E-state index is 11.8. The first kappa shape index (κ1) is 12.1. The molecule has 1 heterocycles. The lowest BCUT2D eigenvalue weighted by atomic mass is 9.94. The summed E-state index contributed by atoms with van der Waals surface area (Å²) in [5, 5.41) is 10.1. The number of rotatable bonds is 2. The Bertz CT molecular complexity index is 386. The summed E-state index contributed by atoms with van der Waals surface area (Å²) in [5.74, 6) is -0.429. The van der Waals surface area contributed by atoms with Crippen molar-refractivity contribution in [2.75, 3.05) is 13.2 Å². The van der Waals surface area contributed by atoms with Gasteiger partial charge in [0.05, 0.1) is 12.2 Å². The topological polar surface area (TPSA) is 55.8 Å². The molecule has 0 radical (unpaired) electrons. The van der Waals surface area contributed by atoms with Crippen LogP contribution in [0.4, 0.5) is 0 Å². The van der Waals surface area contributed by atoms with Gasteiger partial charge in [-0.15, -0.1) is 0 Å². The van der Waals surface area contributed by atoms with Gasteiger partial charge in [-0.25, -0.2) is 4.79 Å². The third-order valence-electron chi connectivity index (χ3n) is 2.97. The van der Waals surface area contributed by atoms with Crippen LogP contribution < -0.4 is 0 Å². The molecule has 0 aliphatic carbocycles. The molecule has 92 valence electrons. The SMILES string of the molecule is CC1(O)CCOCC1OC(=O)c1ccccc1. The summed E-state index contributed by atoms with van der Waals surface area (Å²) >= 11 is 0. The molecule has 2 atom stereocenters. The van der Waals surface area contributed by atoms with Crippen molar-refractivity contribution in [3.05, 3.63) is 35.9 Å². The van der Waals surface area contributed by atoms with Crippen molar-refractivity contribution >= 4 is 5.97 Å². The van der Waals surface area contributed by atoms with Gasteiger partial charge in [0.2, 0.25) is 0 Å². The summed E-state index contributed by atoms with van der Waals surface area (Å²) in [5.41, 5.74) is -0.531. The van der Waals surface area contributed by atoms with Gasteiger partial charge in [0.1, 0.15) is 5.60 Å². The van der Waals surface area contributed by atoms with Gasteiger partial charge in [0.25, 0.3) is 0 Å². The van der Waals surface area contributed by atoms with Gasteiger partial charge in [0.15, 0.2) is 6.10 Å². The first-order valence-corrected chi connectivity index (χ1v) is 5.66. The number of benzene rings is 1. The van der Waals surface area contributed by atoms with Gasteiger partial charge in [-0.1, -0.05) is 18.2 Å². The molecular weight excluding hydrogens is 220 g/mol. The summed E-state index contributed by atoms with van der Waals surface area (Å²) in [7, 11) is 0. The van der Waals surface area contributed by atoms with Crippen LogP contribution in [0.15, 0.2) is 30.3 Å². The summed E-state index contributed by atoms with van der Waals surface area (Å²) in [6, 6.07) is 8.73. The number of carbonyl (C=O) groups is 1. The molecular formula is C13H16O4. The number of ether oxygens (including phenoxy) is 2. The molecule has 1 N–H and O–H groups in total. The van der Waals surface area contributed by atoms with Crippen molar-refractivity contribution in [1.29, 1.82) is 0 Å². The van der Waals surface area contributed by atoms with Crippen molar-refractivity contribution < 1.29 is 19.4 Å². The monoisotopic (exact) mass is 236 g/mol. The van der Waals surface area contributed by atoms with E-state index in [1.54, 1.807) is 31.2 Å². The zero-order chi connectivity index (χ0) is 12.3. The van der Waals surface area contributed by atoms with E-state index in [-0.39, 0.29) is 6.61 Å². The van der Waals surface area contributed by atoms with E-state index in [9.17, 15) is 9.90 Å². The zero-order valence-electron chi connectivity index (χ0n) is 9.76. The number of hydrogen-bond acceptors (Lipinski definition) is 4. The Morgan fingerprint density at radius 2 is 2.18 bits per heavy atom. The van der Waals surface area contributed by atoms with E-state index in [1.807, 2.05) is 6.07 Å². The van der Waals surface area contributed by atoms with Crippen LogP contribution in [0.3, 0.4) is 0 Å². The predicted octanol–water partition coefficient (Wildman–Crippen LogP) is 1.38. The van der Waals surface area contributed by atoms with Crippen LogP contribution in [0, 0.1) is 0 Å². The van der Waals surface area contributed by atoms with Crippen LogP contribution in [0.5, 0.6) is 0 Å². The molecule has 1 fully saturated rings. The Kier molecular flexibility index (Phi) is 3.45. The Morgan fingerprint density at radius 1 is 1.47 bits per heavy atom. The van der Waals surface area contributed by atoms with Crippen LogP contribution in [0.2, 0.25) is 0 Å². The molecule has 2 unspecified atom stereocenters. The van der Waals surface area contributed by atoms with Crippen LogP contribution in [0.1, 0.15) is 23.7 Å². The average Bonchev–Trinajstić information content (AvgIpc) is 2.33. The highest BCUT2D eigenvalue weighted by atomic mass is 16.6. The highest BCUT2D eigenvalue weighted by Crippen LogP contribution is 2.23. The lowest BCUT2D eigenvalue weighted by Gasteiger charge is -2.36. The van der Waals surface area contributed by atoms with Gasteiger partial charge >= 0.3 is 5.97 Å². The van der Waals surface area contributed by atoms with E-state index in [0.717, 1.165) is 0 Å². The molecule has 0 amide bonds. The first-order valence-electron chi connectivity index (χ1n) is 5.66. The maximum atomic E-state index is 11.8. The van der Waals surface area contributed by atoms with E-state index < -0.39 is 17.7 Å². The number of aliphatic hydroxyl groups is 1. The van der Waals surface area contributed by atoms with Gasteiger partial charge in [0, 0.05) is 13.0 Å². The number of hydrogen-bond donors (Lipinski definition) is 1. The molecule has 1 saturated heterocycles. The second kappa shape index (κ2) is 4.85. The van der Waals surface area contributed by atoms with Gasteiger partial charge in [-0.2, -0.15) is 0 Å². The highest BCUT2D eigenvalue weighted by molar-refractivity contribution is 5.89. The molecule has 17 heavy (non-hydrogen) atoms. The minimum absolute atomic E-state index is 0.242. The Morgan fingerprint density at radius 3 is 2.82 bits per heavy atom. The minimum Gasteiger partial charge on any atom is -0.453 e. The van der Waals surface area contributed by atoms with Gasteiger partial charge < -0.3 is 14.6 Å². The molecule has 1 aliphatic rings. The molecule has 0 aromatic heterocycles. The molecule has 0 bridgehead atoms. The van der Waals surface area contributed by atoms with E-state index in [4.69, 9.17) is 9.47 Å². The lowest BCUT2D eigenvalue weighted by Crippen LogP contribution is -2.49. The Labute approximate surface area is 100 Å². The fraction of sp³-hybridized carbons (Fsp3) is 0.462. The van der Waals surface area contributed by atoms with Crippen molar-refractivity contribution in [2.45, 2.75) is 25.0 Å². The summed E-state index contributed by atoms with van der Waals surface area (Å²) in [6.45, 7) is 2.40. The number of esters is 1. The third kappa shape index (κ3) is 2.84. The molecule has 1 aliphatic heterocycles. The van der Waals surface area contributed by atoms with Crippen LogP contribution in [-0.2, 0) is 9.47 Å². The fourth-order valence-corrected chi connectivity index (χ4v) is 1.74. The molecule has 4 heteroatoms. The van der Waals surface area contributed by atoms with Gasteiger partial charge in [-0.05, 0) is 19.1 Å². The highest BCUT2D eigenvalue weighted by Gasteiger charge is 2.38. The fourth-order valence-electron chi connectivity index (χ4n) is 1.74. The van der Waals surface area contributed by atoms with Gasteiger partial charge in [-0.3, -0.25) is 0 Å². The second-order valence-corrected chi connectivity index (χ2v) is 4.44. The molecule has 1 aromatic carbocycles. The quantitative estimate of drug-likeness (QED) is 0.788. The minimum atomic E-state index is -1.01. The van der Waals surface area contributed by atoms with Crippen LogP contribution >= 0.6 is 0 Å². The Balaban J connectivity index is 2.03. The summed E-state index contributed by atoms with van der Waals surface area (Å²) in [4.78, 5) is 11.8. The largest absolute Gasteiger partial charge is 0.453 e.